The molecule has 0 saturated heterocycles. The summed E-state index contributed by atoms with van der Waals surface area (Å²) in [5.74, 6) is 1.07. The number of thioether (sulfide) groups is 1. The second kappa shape index (κ2) is 5.97. The summed E-state index contributed by atoms with van der Waals surface area (Å²) in [6, 6.07) is 14.0. The lowest BCUT2D eigenvalue weighted by atomic mass is 10.2. The van der Waals surface area contributed by atoms with Crippen LogP contribution in [0.1, 0.15) is 5.82 Å². The lowest BCUT2D eigenvalue weighted by Gasteiger charge is -1.99. The molecular formula is C15H12FN3OS. The number of hydrogen-bond acceptors (Lipinski definition) is 5. The third kappa shape index (κ3) is 3.22. The van der Waals surface area contributed by atoms with Gasteiger partial charge in [0.15, 0.2) is 5.82 Å². The molecule has 0 fully saturated rings. The smallest absolute Gasteiger partial charge is 0.260 e. The van der Waals surface area contributed by atoms with Crippen LogP contribution in [0, 0.1) is 5.82 Å². The number of hydrogen-bond donors (Lipinski definition) is 1. The van der Waals surface area contributed by atoms with Crippen LogP contribution in [0.4, 0.5) is 10.1 Å². The SMILES string of the molecule is Nc1cc(F)ccc1-c1nc(CSc2ccccc2)no1. The molecule has 0 spiro atoms. The summed E-state index contributed by atoms with van der Waals surface area (Å²) in [7, 11) is 0. The van der Waals surface area contributed by atoms with Gasteiger partial charge in [0.05, 0.1) is 11.3 Å². The van der Waals surface area contributed by atoms with Crippen LogP contribution >= 0.6 is 11.8 Å². The summed E-state index contributed by atoms with van der Waals surface area (Å²) < 4.78 is 18.2. The predicted molar refractivity (Wildman–Crippen MR) is 80.1 cm³/mol. The fourth-order valence-electron chi connectivity index (χ4n) is 1.81. The van der Waals surface area contributed by atoms with Crippen molar-refractivity contribution < 1.29 is 8.91 Å². The normalized spacial score (nSPS) is 10.7. The number of aromatic nitrogens is 2. The minimum absolute atomic E-state index is 0.279. The molecule has 1 heterocycles. The van der Waals surface area contributed by atoms with E-state index in [1.165, 1.54) is 18.2 Å². The highest BCUT2D eigenvalue weighted by atomic mass is 32.2. The van der Waals surface area contributed by atoms with Gasteiger partial charge in [-0.25, -0.2) is 4.39 Å². The maximum Gasteiger partial charge on any atom is 0.260 e. The summed E-state index contributed by atoms with van der Waals surface area (Å²) in [4.78, 5) is 5.41. The van der Waals surface area contributed by atoms with Crippen LogP contribution < -0.4 is 5.73 Å². The molecule has 0 aliphatic heterocycles. The number of nitrogens with two attached hydrogens (primary N) is 1. The first-order valence-corrected chi connectivity index (χ1v) is 7.27. The Balaban J connectivity index is 1.74. The summed E-state index contributed by atoms with van der Waals surface area (Å²) in [5, 5.41) is 3.91. The fraction of sp³-hybridized carbons (Fsp3) is 0.0667. The minimum atomic E-state index is -0.393. The van der Waals surface area contributed by atoms with Crippen LogP contribution in [-0.2, 0) is 5.75 Å². The van der Waals surface area contributed by atoms with Crippen molar-refractivity contribution in [1.29, 1.82) is 0 Å². The van der Waals surface area contributed by atoms with Crippen LogP contribution in [0.15, 0.2) is 57.9 Å². The molecule has 0 saturated carbocycles. The van der Waals surface area contributed by atoms with Gasteiger partial charge in [0.2, 0.25) is 0 Å². The van der Waals surface area contributed by atoms with Crippen molar-refractivity contribution >= 4 is 17.4 Å². The number of nitrogen functional groups attached to an aromatic ring is 1. The molecule has 0 unspecified atom stereocenters. The van der Waals surface area contributed by atoms with Crippen LogP contribution in [0.5, 0.6) is 0 Å². The average molecular weight is 301 g/mol. The third-order valence-corrected chi connectivity index (χ3v) is 3.83. The van der Waals surface area contributed by atoms with Gasteiger partial charge in [0.25, 0.3) is 5.89 Å². The van der Waals surface area contributed by atoms with E-state index in [0.717, 1.165) is 4.90 Å². The Bertz CT molecular complexity index is 746. The average Bonchev–Trinajstić information content (AvgIpc) is 2.95. The summed E-state index contributed by atoms with van der Waals surface area (Å²) in [6.45, 7) is 0. The quantitative estimate of drug-likeness (QED) is 0.587. The van der Waals surface area contributed by atoms with Gasteiger partial charge in [-0.2, -0.15) is 4.98 Å². The molecule has 0 radical (unpaired) electrons. The Kier molecular flexibility index (Phi) is 3.87. The van der Waals surface area contributed by atoms with Gasteiger partial charge in [0, 0.05) is 10.6 Å². The van der Waals surface area contributed by atoms with E-state index < -0.39 is 5.82 Å². The second-order valence-corrected chi connectivity index (χ2v) is 5.40. The Morgan fingerprint density at radius 1 is 1.14 bits per heavy atom. The first-order chi connectivity index (χ1) is 10.2. The van der Waals surface area contributed by atoms with Crippen molar-refractivity contribution in [3.05, 3.63) is 60.2 Å². The summed E-state index contributed by atoms with van der Waals surface area (Å²) in [5.41, 5.74) is 6.57. The second-order valence-electron chi connectivity index (χ2n) is 4.35. The Hall–Kier alpha value is -2.34. The number of halogens is 1. The molecule has 0 aliphatic rings. The lowest BCUT2D eigenvalue weighted by molar-refractivity contribution is 0.425. The van der Waals surface area contributed by atoms with E-state index in [1.54, 1.807) is 11.8 Å². The first kappa shape index (κ1) is 13.6. The fourth-order valence-corrected chi connectivity index (χ4v) is 2.58. The Labute approximate surface area is 125 Å². The van der Waals surface area contributed by atoms with E-state index in [-0.39, 0.29) is 5.69 Å². The maximum atomic E-state index is 13.0. The van der Waals surface area contributed by atoms with E-state index >= 15 is 0 Å². The molecule has 0 atom stereocenters. The number of nitrogens with zero attached hydrogens (tertiary/aromatic N) is 2. The van der Waals surface area contributed by atoms with Gasteiger partial charge in [-0.3, -0.25) is 0 Å². The molecule has 3 rings (SSSR count). The van der Waals surface area contributed by atoms with Crippen molar-refractivity contribution in [2.45, 2.75) is 10.6 Å². The summed E-state index contributed by atoms with van der Waals surface area (Å²) in [6.07, 6.45) is 0. The first-order valence-electron chi connectivity index (χ1n) is 6.28. The topological polar surface area (TPSA) is 64.9 Å². The van der Waals surface area contributed by atoms with Gasteiger partial charge in [-0.15, -0.1) is 11.8 Å². The van der Waals surface area contributed by atoms with Crippen molar-refractivity contribution in [2.24, 2.45) is 0 Å². The monoisotopic (exact) mass is 301 g/mol. The Morgan fingerprint density at radius 2 is 1.95 bits per heavy atom. The molecule has 3 aromatic rings. The van der Waals surface area contributed by atoms with E-state index in [1.807, 2.05) is 30.3 Å². The van der Waals surface area contributed by atoms with Gasteiger partial charge in [-0.05, 0) is 30.3 Å². The van der Waals surface area contributed by atoms with Crippen molar-refractivity contribution in [3.8, 4) is 11.5 Å². The zero-order chi connectivity index (χ0) is 14.7. The molecule has 2 aromatic carbocycles. The Morgan fingerprint density at radius 3 is 2.71 bits per heavy atom. The van der Waals surface area contributed by atoms with Gasteiger partial charge in [-0.1, -0.05) is 23.4 Å². The zero-order valence-corrected chi connectivity index (χ0v) is 11.8. The van der Waals surface area contributed by atoms with Crippen molar-refractivity contribution in [2.75, 3.05) is 5.73 Å². The molecule has 0 aliphatic carbocycles. The van der Waals surface area contributed by atoms with Crippen LogP contribution in [0.25, 0.3) is 11.5 Å². The highest BCUT2D eigenvalue weighted by molar-refractivity contribution is 7.98. The highest BCUT2D eigenvalue weighted by Gasteiger charge is 2.12. The highest BCUT2D eigenvalue weighted by Crippen LogP contribution is 2.26. The van der Waals surface area contributed by atoms with Crippen molar-refractivity contribution in [3.63, 3.8) is 0 Å². The largest absolute Gasteiger partial charge is 0.398 e. The van der Waals surface area contributed by atoms with E-state index in [0.29, 0.717) is 23.0 Å². The molecule has 2 N–H and O–H groups in total. The van der Waals surface area contributed by atoms with E-state index in [9.17, 15) is 4.39 Å². The van der Waals surface area contributed by atoms with Crippen molar-refractivity contribution in [1.82, 2.24) is 10.1 Å². The molecule has 1 aromatic heterocycles. The molecule has 21 heavy (non-hydrogen) atoms. The van der Waals surface area contributed by atoms with Crippen LogP contribution in [0.2, 0.25) is 0 Å². The van der Waals surface area contributed by atoms with E-state index in [2.05, 4.69) is 10.1 Å². The number of anilines is 1. The number of benzene rings is 2. The van der Waals surface area contributed by atoms with Crippen LogP contribution in [-0.4, -0.2) is 10.1 Å². The summed E-state index contributed by atoms with van der Waals surface area (Å²) >= 11 is 1.61. The van der Waals surface area contributed by atoms with Crippen LogP contribution in [0.3, 0.4) is 0 Å². The molecule has 6 heteroatoms. The predicted octanol–water partition coefficient (Wildman–Crippen LogP) is 3.75. The minimum Gasteiger partial charge on any atom is -0.398 e. The zero-order valence-electron chi connectivity index (χ0n) is 11.0. The molecule has 0 amide bonds. The molecular weight excluding hydrogens is 289 g/mol. The van der Waals surface area contributed by atoms with Gasteiger partial charge >= 0.3 is 0 Å². The third-order valence-electron chi connectivity index (χ3n) is 2.82. The molecule has 0 bridgehead atoms. The lowest BCUT2D eigenvalue weighted by Crippen LogP contribution is -1.91. The van der Waals surface area contributed by atoms with E-state index in [4.69, 9.17) is 10.3 Å². The molecule has 106 valence electrons. The maximum absolute atomic E-state index is 13.0. The molecule has 4 nitrogen and oxygen atoms in total. The standard InChI is InChI=1S/C15H12FN3OS/c16-10-6-7-12(13(17)8-10)15-18-14(19-20-15)9-21-11-4-2-1-3-5-11/h1-8H,9,17H2. The van der Waals surface area contributed by atoms with Gasteiger partial charge in [0.1, 0.15) is 5.82 Å². The number of rotatable bonds is 4. The van der Waals surface area contributed by atoms with Gasteiger partial charge < -0.3 is 10.3 Å².